The summed E-state index contributed by atoms with van der Waals surface area (Å²) < 4.78 is 0.747. The summed E-state index contributed by atoms with van der Waals surface area (Å²) in [5.74, 6) is -0.850. The number of aromatic nitrogens is 4. The van der Waals surface area contributed by atoms with Crippen LogP contribution in [0.1, 0.15) is 35.8 Å². The van der Waals surface area contributed by atoms with Gasteiger partial charge in [-0.15, -0.1) is 16.4 Å². The molecule has 0 spiro atoms. The third-order valence-corrected chi connectivity index (χ3v) is 4.93. The van der Waals surface area contributed by atoms with Crippen LogP contribution in [0.25, 0.3) is 0 Å². The highest BCUT2D eigenvalue weighted by Crippen LogP contribution is 2.31. The molecule has 0 radical (unpaired) electrons. The van der Waals surface area contributed by atoms with Crippen LogP contribution in [0.5, 0.6) is 0 Å². The van der Waals surface area contributed by atoms with E-state index in [0.29, 0.717) is 5.16 Å². The molecule has 2 heterocycles. The van der Waals surface area contributed by atoms with Gasteiger partial charge in [0.2, 0.25) is 5.16 Å². The third-order valence-electron chi connectivity index (χ3n) is 2.85. The van der Waals surface area contributed by atoms with Crippen molar-refractivity contribution in [1.29, 1.82) is 0 Å². The predicted molar refractivity (Wildman–Crippen MR) is 80.9 cm³/mol. The minimum Gasteiger partial charge on any atom is -0.481 e. The molecule has 112 valence electrons. The molecule has 0 unspecified atom stereocenters. The minimum atomic E-state index is -0.850. The summed E-state index contributed by atoms with van der Waals surface area (Å²) in [5, 5.41) is 17.7. The van der Waals surface area contributed by atoms with Crippen molar-refractivity contribution in [3.8, 4) is 0 Å². The summed E-state index contributed by atoms with van der Waals surface area (Å²) in [6.07, 6.45) is 1.62. The predicted octanol–water partition coefficient (Wildman–Crippen LogP) is 2.54. The van der Waals surface area contributed by atoms with Crippen molar-refractivity contribution in [3.05, 3.63) is 22.0 Å². The number of aryl methyl sites for hydroxylation is 3. The van der Waals surface area contributed by atoms with Gasteiger partial charge >= 0.3 is 5.97 Å². The molecule has 0 saturated carbocycles. The Kier molecular flexibility index (Phi) is 5.24. The fourth-order valence-electron chi connectivity index (χ4n) is 1.79. The van der Waals surface area contributed by atoms with E-state index in [1.807, 2.05) is 20.8 Å². The Morgan fingerprint density at radius 2 is 1.90 bits per heavy atom. The van der Waals surface area contributed by atoms with E-state index >= 15 is 0 Å². The van der Waals surface area contributed by atoms with Crippen LogP contribution >= 0.6 is 23.1 Å². The van der Waals surface area contributed by atoms with Crippen molar-refractivity contribution in [3.63, 3.8) is 0 Å². The number of carbonyl (C=O) groups is 1. The van der Waals surface area contributed by atoms with Gasteiger partial charge in [0.1, 0.15) is 0 Å². The Bertz CT molecular complexity index is 658. The fourth-order valence-corrected chi connectivity index (χ4v) is 3.84. The second-order valence-corrected chi connectivity index (χ2v) is 6.65. The average molecular weight is 324 g/mol. The van der Waals surface area contributed by atoms with Gasteiger partial charge in [-0.2, -0.15) is 5.10 Å². The van der Waals surface area contributed by atoms with E-state index in [9.17, 15) is 4.79 Å². The fraction of sp³-hybridized carbons (Fsp3) is 0.462. The number of carboxylic acid groups (broad SMARTS) is 1. The topological polar surface area (TPSA) is 88.9 Å². The first-order valence-electron chi connectivity index (χ1n) is 6.61. The van der Waals surface area contributed by atoms with Crippen LogP contribution in [0, 0.1) is 6.92 Å². The first-order valence-corrected chi connectivity index (χ1v) is 8.25. The molecule has 8 heteroatoms. The summed E-state index contributed by atoms with van der Waals surface area (Å²) in [5.41, 5.74) is 2.62. The molecule has 0 bridgehead atoms. The summed E-state index contributed by atoms with van der Waals surface area (Å²) in [6.45, 7) is 5.88. The monoisotopic (exact) mass is 324 g/mol. The van der Waals surface area contributed by atoms with Crippen LogP contribution < -0.4 is 0 Å². The smallest absolute Gasteiger partial charge is 0.308 e. The molecule has 0 aliphatic carbocycles. The van der Waals surface area contributed by atoms with Crippen molar-refractivity contribution in [2.75, 3.05) is 0 Å². The highest BCUT2D eigenvalue weighted by molar-refractivity contribution is 8.00. The summed E-state index contributed by atoms with van der Waals surface area (Å²) in [6, 6.07) is 0. The van der Waals surface area contributed by atoms with Crippen molar-refractivity contribution in [2.45, 2.75) is 49.5 Å². The normalized spacial score (nSPS) is 10.8. The Morgan fingerprint density at radius 1 is 1.19 bits per heavy atom. The number of hydrogen-bond donors (Lipinski definition) is 1. The molecule has 2 rings (SSSR count). The quantitative estimate of drug-likeness (QED) is 0.873. The maximum absolute atomic E-state index is 10.8. The van der Waals surface area contributed by atoms with E-state index in [0.717, 1.165) is 39.1 Å². The maximum Gasteiger partial charge on any atom is 0.308 e. The number of thiazole rings is 1. The van der Waals surface area contributed by atoms with Crippen LogP contribution in [0.3, 0.4) is 0 Å². The van der Waals surface area contributed by atoms with E-state index in [1.165, 1.54) is 23.1 Å². The summed E-state index contributed by atoms with van der Waals surface area (Å²) >= 11 is 2.70. The molecule has 0 amide bonds. The lowest BCUT2D eigenvalue weighted by molar-refractivity contribution is -0.136. The highest BCUT2D eigenvalue weighted by atomic mass is 32.2. The van der Waals surface area contributed by atoms with Gasteiger partial charge in [-0.1, -0.05) is 13.8 Å². The van der Waals surface area contributed by atoms with E-state index in [4.69, 9.17) is 5.11 Å². The summed E-state index contributed by atoms with van der Waals surface area (Å²) in [7, 11) is 0. The molecule has 1 N–H and O–H groups in total. The van der Waals surface area contributed by atoms with E-state index in [2.05, 4.69) is 20.2 Å². The molecule has 0 aliphatic heterocycles. The number of hydrogen-bond acceptors (Lipinski definition) is 7. The minimum absolute atomic E-state index is 0.00184. The zero-order valence-corrected chi connectivity index (χ0v) is 13.7. The lowest BCUT2D eigenvalue weighted by Crippen LogP contribution is -2.03. The van der Waals surface area contributed by atoms with Crippen LogP contribution in [-0.4, -0.2) is 31.2 Å². The lowest BCUT2D eigenvalue weighted by Gasteiger charge is -2.03. The molecule has 21 heavy (non-hydrogen) atoms. The number of carboxylic acids is 1. The summed E-state index contributed by atoms with van der Waals surface area (Å²) in [4.78, 5) is 20.4. The zero-order chi connectivity index (χ0) is 15.4. The van der Waals surface area contributed by atoms with E-state index in [-0.39, 0.29) is 6.42 Å². The second-order valence-electron chi connectivity index (χ2n) is 4.36. The largest absolute Gasteiger partial charge is 0.481 e. The van der Waals surface area contributed by atoms with Gasteiger partial charge in [0.05, 0.1) is 23.5 Å². The van der Waals surface area contributed by atoms with Gasteiger partial charge in [0.25, 0.3) is 0 Å². The number of aliphatic carboxylic acids is 1. The van der Waals surface area contributed by atoms with Crippen LogP contribution in [-0.2, 0) is 24.1 Å². The maximum atomic E-state index is 10.8. The van der Waals surface area contributed by atoms with Crippen molar-refractivity contribution in [1.82, 2.24) is 20.2 Å². The van der Waals surface area contributed by atoms with Gasteiger partial charge in [-0.05, 0) is 31.5 Å². The van der Waals surface area contributed by atoms with Crippen LogP contribution in [0.15, 0.2) is 9.50 Å². The van der Waals surface area contributed by atoms with E-state index in [1.54, 1.807) is 0 Å². The Morgan fingerprint density at radius 3 is 2.52 bits per heavy atom. The van der Waals surface area contributed by atoms with Gasteiger partial charge in [-0.25, -0.2) is 9.97 Å². The Hall–Kier alpha value is -1.54. The number of rotatable bonds is 6. The van der Waals surface area contributed by atoms with Crippen molar-refractivity contribution >= 4 is 29.1 Å². The molecular formula is C13H16N4O2S2. The van der Waals surface area contributed by atoms with Gasteiger partial charge in [0, 0.05) is 4.88 Å². The standard InChI is InChI=1S/C13H16N4O2S2/c1-4-8-9(5-2)16-17-12(15-8)21-13-14-7(3)10(20-13)6-11(18)19/h4-6H2,1-3H3,(H,18,19). The first-order chi connectivity index (χ1) is 10.0. The van der Waals surface area contributed by atoms with Gasteiger partial charge in [-0.3, -0.25) is 4.79 Å². The average Bonchev–Trinajstić information content (AvgIpc) is 2.77. The molecule has 0 aliphatic rings. The molecule has 2 aromatic heterocycles. The Labute approximate surface area is 131 Å². The Balaban J connectivity index is 2.20. The lowest BCUT2D eigenvalue weighted by atomic mass is 10.2. The van der Waals surface area contributed by atoms with Crippen LogP contribution in [0.4, 0.5) is 0 Å². The van der Waals surface area contributed by atoms with Gasteiger partial charge in [0.15, 0.2) is 4.34 Å². The molecular weight excluding hydrogens is 308 g/mol. The van der Waals surface area contributed by atoms with Crippen molar-refractivity contribution < 1.29 is 9.90 Å². The number of nitrogens with zero attached hydrogens (tertiary/aromatic N) is 4. The molecule has 0 aromatic carbocycles. The molecule has 2 aromatic rings. The van der Waals surface area contributed by atoms with E-state index < -0.39 is 5.97 Å². The molecule has 0 saturated heterocycles. The molecule has 0 atom stereocenters. The second kappa shape index (κ2) is 6.95. The molecule has 0 fully saturated rings. The molecule has 6 nitrogen and oxygen atoms in total. The SMILES string of the molecule is CCc1nnc(Sc2nc(C)c(CC(=O)O)s2)nc1CC. The van der Waals surface area contributed by atoms with Crippen molar-refractivity contribution in [2.24, 2.45) is 0 Å². The highest BCUT2D eigenvalue weighted by Gasteiger charge is 2.14. The van der Waals surface area contributed by atoms with Gasteiger partial charge < -0.3 is 5.11 Å². The zero-order valence-electron chi connectivity index (χ0n) is 12.1. The van der Waals surface area contributed by atoms with Crippen LogP contribution in [0.2, 0.25) is 0 Å². The third kappa shape index (κ3) is 3.98. The first kappa shape index (κ1) is 15.8.